The van der Waals surface area contributed by atoms with Crippen LogP contribution in [0.15, 0.2) is 48.5 Å². The SMILES string of the molecule is CCNC(Cc1ccc(Cl)cc1)c1ccc(Cl)cc1. The minimum absolute atomic E-state index is 0.295. The van der Waals surface area contributed by atoms with E-state index < -0.39 is 0 Å². The van der Waals surface area contributed by atoms with E-state index in [1.54, 1.807) is 0 Å². The molecule has 1 nitrogen and oxygen atoms in total. The van der Waals surface area contributed by atoms with Crippen molar-refractivity contribution in [3.05, 3.63) is 69.7 Å². The average Bonchev–Trinajstić information content (AvgIpc) is 2.42. The molecule has 0 aromatic heterocycles. The van der Waals surface area contributed by atoms with E-state index >= 15 is 0 Å². The van der Waals surface area contributed by atoms with Gasteiger partial charge in [0.15, 0.2) is 0 Å². The van der Waals surface area contributed by atoms with Crippen LogP contribution in [0, 0.1) is 0 Å². The molecule has 0 saturated heterocycles. The molecular formula is C16H17Cl2N. The van der Waals surface area contributed by atoms with Crippen LogP contribution >= 0.6 is 23.2 Å². The number of rotatable bonds is 5. The zero-order valence-corrected chi connectivity index (χ0v) is 12.4. The van der Waals surface area contributed by atoms with Crippen molar-refractivity contribution in [2.45, 2.75) is 19.4 Å². The summed E-state index contributed by atoms with van der Waals surface area (Å²) in [4.78, 5) is 0. The summed E-state index contributed by atoms with van der Waals surface area (Å²) in [5.41, 5.74) is 2.52. The molecule has 3 heteroatoms. The average molecular weight is 294 g/mol. The summed E-state index contributed by atoms with van der Waals surface area (Å²) in [5, 5.41) is 5.05. The molecule has 2 aromatic carbocycles. The van der Waals surface area contributed by atoms with Gasteiger partial charge in [-0.3, -0.25) is 0 Å². The Balaban J connectivity index is 2.15. The first kappa shape index (κ1) is 14.4. The summed E-state index contributed by atoms with van der Waals surface area (Å²) in [7, 11) is 0. The highest BCUT2D eigenvalue weighted by Crippen LogP contribution is 2.21. The summed E-state index contributed by atoms with van der Waals surface area (Å²) in [6.45, 7) is 3.05. The highest BCUT2D eigenvalue weighted by molar-refractivity contribution is 6.30. The lowest BCUT2D eigenvalue weighted by Crippen LogP contribution is -2.22. The number of hydrogen-bond donors (Lipinski definition) is 1. The molecule has 0 aliphatic rings. The fraction of sp³-hybridized carbons (Fsp3) is 0.250. The zero-order chi connectivity index (χ0) is 13.7. The summed E-state index contributed by atoms with van der Waals surface area (Å²) >= 11 is 11.8. The fourth-order valence-corrected chi connectivity index (χ4v) is 2.36. The normalized spacial score (nSPS) is 12.4. The van der Waals surface area contributed by atoms with Gasteiger partial charge in [-0.05, 0) is 48.4 Å². The van der Waals surface area contributed by atoms with Gasteiger partial charge in [0.1, 0.15) is 0 Å². The number of halogens is 2. The number of nitrogens with one attached hydrogen (secondary N) is 1. The standard InChI is InChI=1S/C16H17Cl2N/c1-2-19-16(13-5-9-15(18)10-6-13)11-12-3-7-14(17)8-4-12/h3-10,16,19H,2,11H2,1H3. The van der Waals surface area contributed by atoms with Gasteiger partial charge in [-0.1, -0.05) is 54.4 Å². The van der Waals surface area contributed by atoms with Gasteiger partial charge in [-0.15, -0.1) is 0 Å². The van der Waals surface area contributed by atoms with Crippen molar-refractivity contribution in [2.24, 2.45) is 0 Å². The molecule has 0 aliphatic carbocycles. The Morgan fingerprint density at radius 2 is 1.42 bits per heavy atom. The number of likely N-dealkylation sites (N-methyl/N-ethyl adjacent to an activating group) is 1. The molecule has 1 unspecified atom stereocenters. The van der Waals surface area contributed by atoms with Crippen molar-refractivity contribution in [3.8, 4) is 0 Å². The Bertz CT molecular complexity index is 505. The summed E-state index contributed by atoms with van der Waals surface area (Å²) in [6, 6.07) is 16.3. The minimum Gasteiger partial charge on any atom is -0.310 e. The van der Waals surface area contributed by atoms with Crippen LogP contribution in [0.3, 0.4) is 0 Å². The fourth-order valence-electron chi connectivity index (χ4n) is 2.11. The summed E-state index contributed by atoms with van der Waals surface area (Å²) in [6.07, 6.45) is 0.937. The van der Waals surface area contributed by atoms with Crippen molar-refractivity contribution in [3.63, 3.8) is 0 Å². The molecule has 0 fully saturated rings. The Labute approximate surface area is 124 Å². The first-order chi connectivity index (χ1) is 9.19. The van der Waals surface area contributed by atoms with E-state index in [2.05, 4.69) is 36.5 Å². The van der Waals surface area contributed by atoms with E-state index in [1.807, 2.05) is 24.3 Å². The molecular weight excluding hydrogens is 277 g/mol. The van der Waals surface area contributed by atoms with Crippen LogP contribution in [-0.2, 0) is 6.42 Å². The van der Waals surface area contributed by atoms with Gasteiger partial charge in [0.25, 0.3) is 0 Å². The van der Waals surface area contributed by atoms with Crippen LogP contribution < -0.4 is 5.32 Å². The minimum atomic E-state index is 0.295. The zero-order valence-electron chi connectivity index (χ0n) is 10.9. The molecule has 0 spiro atoms. The van der Waals surface area contributed by atoms with E-state index in [4.69, 9.17) is 23.2 Å². The highest BCUT2D eigenvalue weighted by Gasteiger charge is 2.11. The summed E-state index contributed by atoms with van der Waals surface area (Å²) < 4.78 is 0. The predicted octanol–water partition coefficient (Wildman–Crippen LogP) is 4.89. The van der Waals surface area contributed by atoms with Crippen molar-refractivity contribution < 1.29 is 0 Å². The van der Waals surface area contributed by atoms with E-state index in [9.17, 15) is 0 Å². The molecule has 0 saturated carbocycles. The molecule has 0 heterocycles. The molecule has 0 radical (unpaired) electrons. The first-order valence-corrected chi connectivity index (χ1v) is 7.18. The molecule has 2 rings (SSSR count). The maximum absolute atomic E-state index is 5.94. The van der Waals surface area contributed by atoms with Gasteiger partial charge in [0.2, 0.25) is 0 Å². The maximum atomic E-state index is 5.94. The van der Waals surface area contributed by atoms with Gasteiger partial charge >= 0.3 is 0 Å². The second-order valence-electron chi connectivity index (χ2n) is 4.49. The quantitative estimate of drug-likeness (QED) is 0.828. The lowest BCUT2D eigenvalue weighted by atomic mass is 9.99. The van der Waals surface area contributed by atoms with Crippen molar-refractivity contribution in [1.29, 1.82) is 0 Å². The summed E-state index contributed by atoms with van der Waals surface area (Å²) in [5.74, 6) is 0. The van der Waals surface area contributed by atoms with Crippen molar-refractivity contribution >= 4 is 23.2 Å². The molecule has 100 valence electrons. The Kier molecular flexibility index (Phi) is 5.26. The Morgan fingerprint density at radius 1 is 0.895 bits per heavy atom. The predicted molar refractivity (Wildman–Crippen MR) is 83.0 cm³/mol. The van der Waals surface area contributed by atoms with Crippen molar-refractivity contribution in [1.82, 2.24) is 5.32 Å². The lowest BCUT2D eigenvalue weighted by Gasteiger charge is -2.18. The van der Waals surface area contributed by atoms with E-state index in [0.29, 0.717) is 6.04 Å². The largest absolute Gasteiger partial charge is 0.310 e. The first-order valence-electron chi connectivity index (χ1n) is 6.42. The van der Waals surface area contributed by atoms with E-state index in [-0.39, 0.29) is 0 Å². The van der Waals surface area contributed by atoms with Gasteiger partial charge in [0.05, 0.1) is 0 Å². The second-order valence-corrected chi connectivity index (χ2v) is 5.37. The van der Waals surface area contributed by atoms with Crippen LogP contribution in [-0.4, -0.2) is 6.54 Å². The third-order valence-corrected chi connectivity index (χ3v) is 3.58. The highest BCUT2D eigenvalue weighted by atomic mass is 35.5. The topological polar surface area (TPSA) is 12.0 Å². The third-order valence-electron chi connectivity index (χ3n) is 3.08. The van der Waals surface area contributed by atoms with Crippen LogP contribution in [0.1, 0.15) is 24.1 Å². The Hall–Kier alpha value is -1.02. The van der Waals surface area contributed by atoms with Crippen molar-refractivity contribution in [2.75, 3.05) is 6.54 Å². The van der Waals surface area contributed by atoms with Gasteiger partial charge in [-0.25, -0.2) is 0 Å². The Morgan fingerprint density at radius 3 is 1.95 bits per heavy atom. The molecule has 0 bridgehead atoms. The molecule has 2 aromatic rings. The van der Waals surface area contributed by atoms with Crippen LogP contribution in [0.4, 0.5) is 0 Å². The number of benzene rings is 2. The maximum Gasteiger partial charge on any atom is 0.0406 e. The van der Waals surface area contributed by atoms with Gasteiger partial charge in [0, 0.05) is 16.1 Å². The van der Waals surface area contributed by atoms with E-state index in [0.717, 1.165) is 23.0 Å². The molecule has 1 atom stereocenters. The third kappa shape index (κ3) is 4.24. The lowest BCUT2D eigenvalue weighted by molar-refractivity contribution is 0.550. The van der Waals surface area contributed by atoms with Crippen LogP contribution in [0.5, 0.6) is 0 Å². The molecule has 0 amide bonds. The monoisotopic (exact) mass is 293 g/mol. The van der Waals surface area contributed by atoms with E-state index in [1.165, 1.54) is 11.1 Å². The van der Waals surface area contributed by atoms with Crippen LogP contribution in [0.2, 0.25) is 10.0 Å². The van der Waals surface area contributed by atoms with Crippen LogP contribution in [0.25, 0.3) is 0 Å². The molecule has 1 N–H and O–H groups in total. The molecule has 0 aliphatic heterocycles. The number of hydrogen-bond acceptors (Lipinski definition) is 1. The second kappa shape index (κ2) is 6.95. The van der Waals surface area contributed by atoms with Gasteiger partial charge in [-0.2, -0.15) is 0 Å². The smallest absolute Gasteiger partial charge is 0.0406 e. The van der Waals surface area contributed by atoms with Gasteiger partial charge < -0.3 is 5.32 Å². The molecule has 19 heavy (non-hydrogen) atoms.